The Morgan fingerprint density at radius 2 is 1.59 bits per heavy atom. The van der Waals surface area contributed by atoms with Crippen LogP contribution in [0.5, 0.6) is 0 Å². The average Bonchev–Trinajstić information content (AvgIpc) is 2.66. The number of anilines is 1. The summed E-state index contributed by atoms with van der Waals surface area (Å²) < 4.78 is 28.2. The van der Waals surface area contributed by atoms with E-state index < -0.39 is 10.2 Å². The van der Waals surface area contributed by atoms with Crippen molar-refractivity contribution in [1.29, 1.82) is 0 Å². The van der Waals surface area contributed by atoms with Gasteiger partial charge in [-0.25, -0.2) is 4.31 Å². The number of benzene rings is 2. The van der Waals surface area contributed by atoms with Crippen LogP contribution in [0.25, 0.3) is 0 Å². The Morgan fingerprint density at radius 3 is 2.14 bits per heavy atom. The monoisotopic (exact) mass is 417 g/mol. The highest BCUT2D eigenvalue weighted by molar-refractivity contribution is 7.90. The van der Waals surface area contributed by atoms with Gasteiger partial charge in [0.05, 0.1) is 11.7 Å². The molecular weight excluding hydrogens is 386 g/mol. The lowest BCUT2D eigenvalue weighted by Crippen LogP contribution is -2.46. The first kappa shape index (κ1) is 22.9. The SMILES string of the molecule is CCC(NC(=O)CN(c1cc(C)ccc1C)S(=O)(=O)N(C)C)c1ccc(C)cc1. The topological polar surface area (TPSA) is 69.7 Å². The molecule has 7 heteroatoms. The highest BCUT2D eigenvalue weighted by atomic mass is 32.2. The lowest BCUT2D eigenvalue weighted by atomic mass is 10.0. The number of carbonyl (C=O) groups excluding carboxylic acids is 1. The summed E-state index contributed by atoms with van der Waals surface area (Å²) in [7, 11) is -0.904. The van der Waals surface area contributed by atoms with Crippen LogP contribution in [0, 0.1) is 20.8 Å². The number of nitrogens with zero attached hydrogens (tertiary/aromatic N) is 2. The summed E-state index contributed by atoms with van der Waals surface area (Å²) >= 11 is 0. The molecule has 6 nitrogen and oxygen atoms in total. The van der Waals surface area contributed by atoms with E-state index in [1.54, 1.807) is 6.07 Å². The quantitative estimate of drug-likeness (QED) is 0.715. The normalized spacial score (nSPS) is 12.7. The number of hydrogen-bond acceptors (Lipinski definition) is 3. The molecule has 1 unspecified atom stereocenters. The van der Waals surface area contributed by atoms with E-state index in [0.717, 1.165) is 26.6 Å². The summed E-state index contributed by atoms with van der Waals surface area (Å²) in [6, 6.07) is 13.4. The van der Waals surface area contributed by atoms with E-state index >= 15 is 0 Å². The third-order valence-electron chi connectivity index (χ3n) is 4.88. The summed E-state index contributed by atoms with van der Waals surface area (Å²) in [5.74, 6) is -0.344. The molecule has 0 aromatic heterocycles. The van der Waals surface area contributed by atoms with E-state index in [9.17, 15) is 13.2 Å². The number of carbonyl (C=O) groups is 1. The minimum absolute atomic E-state index is 0.175. The maximum atomic E-state index is 13.0. The molecule has 158 valence electrons. The van der Waals surface area contributed by atoms with Crippen LogP contribution in [-0.2, 0) is 15.0 Å². The molecule has 1 atom stereocenters. The van der Waals surface area contributed by atoms with Crippen LogP contribution in [-0.4, -0.2) is 39.3 Å². The van der Waals surface area contributed by atoms with Gasteiger partial charge in [0, 0.05) is 14.1 Å². The summed E-state index contributed by atoms with van der Waals surface area (Å²) in [5, 5.41) is 2.98. The Bertz CT molecular complexity index is 954. The Labute approximate surface area is 174 Å². The molecule has 0 heterocycles. The second-order valence-electron chi connectivity index (χ2n) is 7.53. The Hall–Kier alpha value is -2.38. The molecule has 0 aliphatic carbocycles. The smallest absolute Gasteiger partial charge is 0.304 e. The first-order chi connectivity index (χ1) is 13.6. The predicted octanol–water partition coefficient (Wildman–Crippen LogP) is 3.49. The summed E-state index contributed by atoms with van der Waals surface area (Å²) in [5.41, 5.74) is 4.38. The predicted molar refractivity (Wildman–Crippen MR) is 118 cm³/mol. The molecule has 0 radical (unpaired) electrons. The van der Waals surface area contributed by atoms with Crippen LogP contribution in [0.1, 0.15) is 41.6 Å². The number of aryl methyl sites for hydroxylation is 3. The van der Waals surface area contributed by atoms with Gasteiger partial charge in [-0.05, 0) is 49.9 Å². The summed E-state index contributed by atoms with van der Waals surface area (Å²) in [6.45, 7) is 7.45. The van der Waals surface area contributed by atoms with Gasteiger partial charge < -0.3 is 5.32 Å². The van der Waals surface area contributed by atoms with Gasteiger partial charge in [0.2, 0.25) is 5.91 Å². The fraction of sp³-hybridized carbons (Fsp3) is 0.409. The average molecular weight is 418 g/mol. The van der Waals surface area contributed by atoms with Crippen LogP contribution >= 0.6 is 0 Å². The van der Waals surface area contributed by atoms with Crippen LogP contribution in [0.4, 0.5) is 5.69 Å². The molecular formula is C22H31N3O3S. The van der Waals surface area contributed by atoms with Gasteiger partial charge in [-0.2, -0.15) is 12.7 Å². The lowest BCUT2D eigenvalue weighted by molar-refractivity contribution is -0.120. The van der Waals surface area contributed by atoms with E-state index in [1.807, 2.05) is 64.1 Å². The van der Waals surface area contributed by atoms with Crippen LogP contribution in [0.2, 0.25) is 0 Å². The summed E-state index contributed by atoms with van der Waals surface area (Å²) in [6.07, 6.45) is 0.707. The Morgan fingerprint density at radius 1 is 1.00 bits per heavy atom. The molecule has 0 spiro atoms. The van der Waals surface area contributed by atoms with Crippen molar-refractivity contribution >= 4 is 21.8 Å². The second kappa shape index (κ2) is 9.41. The molecule has 0 fully saturated rings. The molecule has 0 bridgehead atoms. The Balaban J connectivity index is 2.32. The van der Waals surface area contributed by atoms with E-state index in [0.29, 0.717) is 12.1 Å². The second-order valence-corrected chi connectivity index (χ2v) is 9.59. The fourth-order valence-electron chi connectivity index (χ4n) is 3.07. The molecule has 1 N–H and O–H groups in total. The first-order valence-electron chi connectivity index (χ1n) is 9.69. The fourth-order valence-corrected chi connectivity index (χ4v) is 4.19. The van der Waals surface area contributed by atoms with Gasteiger partial charge in [-0.1, -0.05) is 48.9 Å². The van der Waals surface area contributed by atoms with E-state index in [2.05, 4.69) is 5.32 Å². The van der Waals surface area contributed by atoms with Crippen molar-refractivity contribution in [1.82, 2.24) is 9.62 Å². The van der Waals surface area contributed by atoms with Crippen molar-refractivity contribution in [3.8, 4) is 0 Å². The lowest BCUT2D eigenvalue weighted by Gasteiger charge is -2.29. The molecule has 0 aliphatic rings. The third kappa shape index (κ3) is 5.58. The van der Waals surface area contributed by atoms with Gasteiger partial charge in [0.1, 0.15) is 6.54 Å². The molecule has 0 saturated heterocycles. The molecule has 0 saturated carbocycles. The summed E-state index contributed by atoms with van der Waals surface area (Å²) in [4.78, 5) is 12.9. The van der Waals surface area contributed by atoms with Crippen molar-refractivity contribution in [2.45, 2.75) is 40.2 Å². The van der Waals surface area contributed by atoms with Crippen molar-refractivity contribution in [2.75, 3.05) is 24.9 Å². The molecule has 0 aliphatic heterocycles. The zero-order chi connectivity index (χ0) is 21.8. The molecule has 2 aromatic carbocycles. The standard InChI is InChI=1S/C22H31N3O3S/c1-7-20(19-12-9-16(2)10-13-19)23-22(26)15-25(29(27,28)24(5)6)21-14-17(3)8-11-18(21)4/h8-14,20H,7,15H2,1-6H3,(H,23,26). The van der Waals surface area contributed by atoms with Gasteiger partial charge in [-0.3, -0.25) is 4.79 Å². The van der Waals surface area contributed by atoms with Gasteiger partial charge in [0.15, 0.2) is 0 Å². The number of nitrogens with one attached hydrogen (secondary N) is 1. The first-order valence-corrected chi connectivity index (χ1v) is 11.1. The van der Waals surface area contributed by atoms with E-state index in [1.165, 1.54) is 18.4 Å². The van der Waals surface area contributed by atoms with E-state index in [4.69, 9.17) is 0 Å². The van der Waals surface area contributed by atoms with Crippen molar-refractivity contribution in [3.63, 3.8) is 0 Å². The zero-order valence-corrected chi connectivity index (χ0v) is 18.9. The van der Waals surface area contributed by atoms with Crippen molar-refractivity contribution < 1.29 is 13.2 Å². The number of amides is 1. The van der Waals surface area contributed by atoms with Gasteiger partial charge in [0.25, 0.3) is 0 Å². The van der Waals surface area contributed by atoms with Gasteiger partial charge >= 0.3 is 10.2 Å². The largest absolute Gasteiger partial charge is 0.348 e. The maximum Gasteiger partial charge on any atom is 0.304 e. The molecule has 2 aromatic rings. The minimum atomic E-state index is -3.83. The van der Waals surface area contributed by atoms with Crippen molar-refractivity contribution in [2.24, 2.45) is 0 Å². The van der Waals surface area contributed by atoms with Crippen molar-refractivity contribution in [3.05, 3.63) is 64.7 Å². The highest BCUT2D eigenvalue weighted by Crippen LogP contribution is 2.25. The van der Waals surface area contributed by atoms with Crippen LogP contribution < -0.4 is 9.62 Å². The maximum absolute atomic E-state index is 13.0. The van der Waals surface area contributed by atoms with Gasteiger partial charge in [-0.15, -0.1) is 0 Å². The zero-order valence-electron chi connectivity index (χ0n) is 18.1. The molecule has 2 rings (SSSR count). The highest BCUT2D eigenvalue weighted by Gasteiger charge is 2.29. The third-order valence-corrected chi connectivity index (χ3v) is 6.69. The Kier molecular flexibility index (Phi) is 7.43. The number of hydrogen-bond donors (Lipinski definition) is 1. The molecule has 1 amide bonds. The van der Waals surface area contributed by atoms with Crippen LogP contribution in [0.15, 0.2) is 42.5 Å². The minimum Gasteiger partial charge on any atom is -0.348 e. The number of rotatable bonds is 8. The molecule has 29 heavy (non-hydrogen) atoms. The van der Waals surface area contributed by atoms with Crippen LogP contribution in [0.3, 0.4) is 0 Å². The van der Waals surface area contributed by atoms with E-state index in [-0.39, 0.29) is 18.5 Å².